The number of carbonyl (C=O) groups is 1. The molecular formula is C15H22N2O3. The Labute approximate surface area is 119 Å². The summed E-state index contributed by atoms with van der Waals surface area (Å²) < 4.78 is 5.15. The predicted octanol–water partition coefficient (Wildman–Crippen LogP) is 1.53. The van der Waals surface area contributed by atoms with E-state index in [1.807, 2.05) is 6.07 Å². The van der Waals surface area contributed by atoms with Gasteiger partial charge in [0.05, 0.1) is 7.11 Å². The number of rotatable bonds is 5. The molecule has 0 unspecified atom stereocenters. The van der Waals surface area contributed by atoms with Gasteiger partial charge in [-0.3, -0.25) is 4.79 Å². The second kappa shape index (κ2) is 6.61. The zero-order chi connectivity index (χ0) is 14.5. The molecule has 0 aliphatic heterocycles. The third-order valence-corrected chi connectivity index (χ3v) is 4.00. The maximum Gasteiger partial charge on any atom is 0.220 e. The Kier molecular flexibility index (Phi) is 4.84. The number of nitrogens with one attached hydrogen (secondary N) is 1. The highest BCUT2D eigenvalue weighted by Gasteiger charge is 2.24. The van der Waals surface area contributed by atoms with E-state index in [0.29, 0.717) is 12.6 Å². The quantitative estimate of drug-likeness (QED) is 0.762. The summed E-state index contributed by atoms with van der Waals surface area (Å²) in [5.41, 5.74) is 6.14. The lowest BCUT2D eigenvalue weighted by Crippen LogP contribution is -2.36. The number of carbonyl (C=O) groups excluding carboxylic acids is 1. The summed E-state index contributed by atoms with van der Waals surface area (Å²) in [7, 11) is 1.61. The van der Waals surface area contributed by atoms with Crippen molar-refractivity contribution in [3.05, 3.63) is 23.8 Å². The smallest absolute Gasteiger partial charge is 0.220 e. The van der Waals surface area contributed by atoms with E-state index >= 15 is 0 Å². The fourth-order valence-corrected chi connectivity index (χ4v) is 2.67. The van der Waals surface area contributed by atoms with Crippen LogP contribution in [-0.4, -0.2) is 24.2 Å². The van der Waals surface area contributed by atoms with Crippen LogP contribution in [0.25, 0.3) is 0 Å². The van der Waals surface area contributed by atoms with E-state index in [2.05, 4.69) is 5.32 Å². The zero-order valence-electron chi connectivity index (χ0n) is 11.8. The first-order valence-corrected chi connectivity index (χ1v) is 6.98. The zero-order valence-corrected chi connectivity index (χ0v) is 11.8. The monoisotopic (exact) mass is 278 g/mol. The molecule has 1 fully saturated rings. The molecule has 0 heterocycles. The van der Waals surface area contributed by atoms with Crippen molar-refractivity contribution in [2.45, 2.75) is 38.3 Å². The number of methoxy groups -OCH3 is 1. The number of primary amides is 1. The van der Waals surface area contributed by atoms with Crippen molar-refractivity contribution < 1.29 is 14.6 Å². The van der Waals surface area contributed by atoms with Crippen LogP contribution in [0.15, 0.2) is 18.2 Å². The minimum Gasteiger partial charge on any atom is -0.508 e. The van der Waals surface area contributed by atoms with Crippen molar-refractivity contribution in [2.24, 2.45) is 11.7 Å². The Hall–Kier alpha value is -1.75. The number of nitrogens with two attached hydrogens (primary N) is 1. The number of hydrogen-bond acceptors (Lipinski definition) is 4. The van der Waals surface area contributed by atoms with Crippen LogP contribution < -0.4 is 15.8 Å². The summed E-state index contributed by atoms with van der Waals surface area (Å²) in [6, 6.07) is 5.57. The van der Waals surface area contributed by atoms with Gasteiger partial charge >= 0.3 is 0 Å². The Morgan fingerprint density at radius 2 is 2.10 bits per heavy atom. The number of phenols is 1. The molecule has 5 heteroatoms. The molecule has 1 amide bonds. The molecule has 1 aliphatic carbocycles. The highest BCUT2D eigenvalue weighted by atomic mass is 16.5. The molecule has 1 saturated carbocycles. The second-order valence-corrected chi connectivity index (χ2v) is 5.33. The Balaban J connectivity index is 1.86. The molecule has 0 atom stereocenters. The van der Waals surface area contributed by atoms with Crippen molar-refractivity contribution in [2.75, 3.05) is 7.11 Å². The standard InChI is InChI=1S/C15H22N2O3/c1-20-13-6-7-14(18)11(8-13)9-17-12-4-2-10(3-5-12)15(16)19/h6-8,10,12,17-18H,2-5,9H2,1H3,(H2,16,19). The van der Waals surface area contributed by atoms with Crippen LogP contribution in [0.2, 0.25) is 0 Å². The molecule has 1 aromatic rings. The van der Waals surface area contributed by atoms with Gasteiger partial charge in [-0.05, 0) is 43.9 Å². The molecule has 2 rings (SSSR count). The Morgan fingerprint density at radius 3 is 2.70 bits per heavy atom. The lowest BCUT2D eigenvalue weighted by molar-refractivity contribution is -0.122. The van der Waals surface area contributed by atoms with E-state index < -0.39 is 0 Å². The third-order valence-electron chi connectivity index (χ3n) is 4.00. The van der Waals surface area contributed by atoms with Crippen LogP contribution in [0.4, 0.5) is 0 Å². The molecule has 0 radical (unpaired) electrons. The number of hydrogen-bond donors (Lipinski definition) is 3. The minimum atomic E-state index is -0.186. The lowest BCUT2D eigenvalue weighted by atomic mass is 9.85. The average molecular weight is 278 g/mol. The van der Waals surface area contributed by atoms with Gasteiger partial charge in [-0.15, -0.1) is 0 Å². The summed E-state index contributed by atoms with van der Waals surface area (Å²) in [5, 5.41) is 13.2. The molecule has 0 saturated heterocycles. The van der Waals surface area contributed by atoms with Crippen molar-refractivity contribution in [3.63, 3.8) is 0 Å². The summed E-state index contributed by atoms with van der Waals surface area (Å²) in [5.74, 6) is 0.841. The number of aromatic hydroxyl groups is 1. The fraction of sp³-hybridized carbons (Fsp3) is 0.533. The number of benzene rings is 1. The number of amides is 1. The largest absolute Gasteiger partial charge is 0.508 e. The van der Waals surface area contributed by atoms with Crippen LogP contribution in [0.3, 0.4) is 0 Å². The van der Waals surface area contributed by atoms with Gasteiger partial charge in [-0.25, -0.2) is 0 Å². The van der Waals surface area contributed by atoms with E-state index in [1.54, 1.807) is 19.2 Å². The molecule has 0 spiro atoms. The maximum absolute atomic E-state index is 11.1. The van der Waals surface area contributed by atoms with Gasteiger partial charge in [0.15, 0.2) is 0 Å². The van der Waals surface area contributed by atoms with E-state index in [0.717, 1.165) is 37.0 Å². The van der Waals surface area contributed by atoms with E-state index in [4.69, 9.17) is 10.5 Å². The van der Waals surface area contributed by atoms with Crippen molar-refractivity contribution in [3.8, 4) is 11.5 Å². The van der Waals surface area contributed by atoms with Crippen LogP contribution in [0.1, 0.15) is 31.2 Å². The van der Waals surface area contributed by atoms with Crippen LogP contribution >= 0.6 is 0 Å². The van der Waals surface area contributed by atoms with Crippen LogP contribution in [0, 0.1) is 5.92 Å². The molecule has 0 aromatic heterocycles. The van der Waals surface area contributed by atoms with Gasteiger partial charge in [0.1, 0.15) is 11.5 Å². The molecule has 4 N–H and O–H groups in total. The first-order chi connectivity index (χ1) is 9.60. The van der Waals surface area contributed by atoms with Crippen LogP contribution in [0.5, 0.6) is 11.5 Å². The van der Waals surface area contributed by atoms with Gasteiger partial charge < -0.3 is 20.9 Å². The summed E-state index contributed by atoms with van der Waals surface area (Å²) in [6.07, 6.45) is 3.57. The highest BCUT2D eigenvalue weighted by molar-refractivity contribution is 5.76. The second-order valence-electron chi connectivity index (χ2n) is 5.33. The maximum atomic E-state index is 11.1. The van der Waals surface area contributed by atoms with Gasteiger partial charge in [0.25, 0.3) is 0 Å². The first-order valence-electron chi connectivity index (χ1n) is 6.98. The summed E-state index contributed by atoms with van der Waals surface area (Å²) in [4.78, 5) is 11.1. The first kappa shape index (κ1) is 14.7. The number of phenolic OH excluding ortho intramolecular Hbond substituents is 1. The Bertz CT molecular complexity index is 468. The van der Waals surface area contributed by atoms with Crippen molar-refractivity contribution in [1.82, 2.24) is 5.32 Å². The fourth-order valence-electron chi connectivity index (χ4n) is 2.67. The molecule has 110 valence electrons. The molecule has 20 heavy (non-hydrogen) atoms. The van der Waals surface area contributed by atoms with Gasteiger partial charge in [0, 0.05) is 24.1 Å². The summed E-state index contributed by atoms with van der Waals surface area (Å²) in [6.45, 7) is 0.592. The molecule has 1 aliphatic rings. The molecular weight excluding hydrogens is 256 g/mol. The molecule has 0 bridgehead atoms. The van der Waals surface area contributed by atoms with Crippen molar-refractivity contribution >= 4 is 5.91 Å². The Morgan fingerprint density at radius 1 is 1.40 bits per heavy atom. The minimum absolute atomic E-state index is 0.0262. The predicted molar refractivity (Wildman–Crippen MR) is 76.4 cm³/mol. The van der Waals surface area contributed by atoms with E-state index in [1.165, 1.54) is 0 Å². The topological polar surface area (TPSA) is 84.6 Å². The third kappa shape index (κ3) is 3.63. The van der Waals surface area contributed by atoms with Crippen LogP contribution in [-0.2, 0) is 11.3 Å². The van der Waals surface area contributed by atoms with E-state index in [-0.39, 0.29) is 17.6 Å². The lowest BCUT2D eigenvalue weighted by Gasteiger charge is -2.27. The SMILES string of the molecule is COc1ccc(O)c(CNC2CCC(C(N)=O)CC2)c1. The normalized spacial score (nSPS) is 22.4. The highest BCUT2D eigenvalue weighted by Crippen LogP contribution is 2.26. The average Bonchev–Trinajstić information content (AvgIpc) is 2.47. The number of ether oxygens (including phenoxy) is 1. The molecule has 5 nitrogen and oxygen atoms in total. The summed E-state index contributed by atoms with van der Waals surface area (Å²) >= 11 is 0. The van der Waals surface area contributed by atoms with Gasteiger partial charge in [-0.2, -0.15) is 0 Å². The van der Waals surface area contributed by atoms with Crippen molar-refractivity contribution in [1.29, 1.82) is 0 Å². The molecule has 1 aromatic carbocycles. The van der Waals surface area contributed by atoms with Gasteiger partial charge in [0.2, 0.25) is 5.91 Å². The van der Waals surface area contributed by atoms with Gasteiger partial charge in [-0.1, -0.05) is 0 Å². The van der Waals surface area contributed by atoms with E-state index in [9.17, 15) is 9.90 Å².